The smallest absolute Gasteiger partial charge is 0.305 e. The second-order valence-corrected chi connectivity index (χ2v) is 8.32. The van der Waals surface area contributed by atoms with Gasteiger partial charge in [0.05, 0.1) is 18.8 Å². The molecule has 5 nitrogen and oxygen atoms in total. The van der Waals surface area contributed by atoms with Crippen molar-refractivity contribution in [3.8, 4) is 5.75 Å². The van der Waals surface area contributed by atoms with Crippen LogP contribution in [0.5, 0.6) is 5.75 Å². The number of aliphatic hydroxyl groups excluding tert-OH is 2. The molecular weight excluding hydrogens is 399 g/mol. The zero-order chi connectivity index (χ0) is 22.5. The molecule has 0 heterocycles. The van der Waals surface area contributed by atoms with Gasteiger partial charge >= 0.3 is 5.97 Å². The average molecular weight is 437 g/mol. The fourth-order valence-corrected chi connectivity index (χ4v) is 4.09. The number of benzene rings is 1. The highest BCUT2D eigenvalue weighted by atomic mass is 19.1. The van der Waals surface area contributed by atoms with Crippen molar-refractivity contribution in [2.75, 3.05) is 13.2 Å². The Bertz CT molecular complexity index is 651. The molecule has 1 aromatic rings. The summed E-state index contributed by atoms with van der Waals surface area (Å²) in [5.74, 6) is 0.270. The third-order valence-electron chi connectivity index (χ3n) is 5.80. The van der Waals surface area contributed by atoms with Gasteiger partial charge in [-0.05, 0) is 68.9 Å². The topological polar surface area (TPSA) is 76.0 Å². The zero-order valence-electron chi connectivity index (χ0n) is 18.5. The van der Waals surface area contributed by atoms with E-state index in [4.69, 9.17) is 9.47 Å². The van der Waals surface area contributed by atoms with Crippen LogP contribution in [-0.2, 0) is 9.53 Å². The Balaban J connectivity index is 1.69. The quantitative estimate of drug-likeness (QED) is 0.253. The first kappa shape index (κ1) is 25.3. The van der Waals surface area contributed by atoms with Gasteiger partial charge in [-0.15, -0.1) is 0 Å². The minimum atomic E-state index is -1.12. The minimum absolute atomic E-state index is 0.0133. The lowest BCUT2D eigenvalue weighted by molar-refractivity contribution is -0.143. The summed E-state index contributed by atoms with van der Waals surface area (Å²) in [6, 6.07) is 9.15. The summed E-state index contributed by atoms with van der Waals surface area (Å²) in [6.45, 7) is 2.42. The number of alkyl halides is 1. The number of hydrogen-bond donors (Lipinski definition) is 2. The van der Waals surface area contributed by atoms with Crippen LogP contribution in [0.1, 0.15) is 58.3 Å². The summed E-state index contributed by atoms with van der Waals surface area (Å²) < 4.78 is 24.8. The van der Waals surface area contributed by atoms with E-state index >= 15 is 0 Å². The Kier molecular flexibility index (Phi) is 11.6. The first-order chi connectivity index (χ1) is 15.0. The van der Waals surface area contributed by atoms with Crippen molar-refractivity contribution in [1.82, 2.24) is 0 Å². The van der Waals surface area contributed by atoms with E-state index in [1.165, 1.54) is 0 Å². The van der Waals surface area contributed by atoms with Gasteiger partial charge in [0.2, 0.25) is 0 Å². The first-order valence-electron chi connectivity index (χ1n) is 11.5. The van der Waals surface area contributed by atoms with Crippen LogP contribution >= 0.6 is 0 Å². The largest absolute Gasteiger partial charge is 0.491 e. The molecule has 2 N–H and O–H groups in total. The molecule has 174 valence electrons. The lowest BCUT2D eigenvalue weighted by Crippen LogP contribution is -2.24. The molecule has 2 rings (SSSR count). The van der Waals surface area contributed by atoms with Crippen LogP contribution in [0.4, 0.5) is 4.39 Å². The van der Waals surface area contributed by atoms with E-state index in [1.807, 2.05) is 37.3 Å². The molecule has 0 saturated heterocycles. The molecule has 0 bridgehead atoms. The number of allylic oxidation sites excluding steroid dienone is 2. The number of carbonyl (C=O) groups is 1. The summed E-state index contributed by atoms with van der Waals surface area (Å²) in [5, 5.41) is 20.7. The van der Waals surface area contributed by atoms with Gasteiger partial charge in [-0.2, -0.15) is 0 Å². The number of ether oxygens (including phenoxy) is 2. The van der Waals surface area contributed by atoms with Gasteiger partial charge in [-0.1, -0.05) is 37.3 Å². The number of rotatable bonds is 14. The van der Waals surface area contributed by atoms with Crippen LogP contribution < -0.4 is 4.74 Å². The van der Waals surface area contributed by atoms with E-state index in [2.05, 4.69) is 0 Å². The van der Waals surface area contributed by atoms with Crippen molar-refractivity contribution in [2.45, 2.75) is 76.7 Å². The summed E-state index contributed by atoms with van der Waals surface area (Å²) in [7, 11) is 0. The molecular formula is C25H37FO5. The van der Waals surface area contributed by atoms with Crippen molar-refractivity contribution in [3.63, 3.8) is 0 Å². The molecule has 1 fully saturated rings. The number of esters is 1. The van der Waals surface area contributed by atoms with E-state index < -0.39 is 18.4 Å². The fraction of sp³-hybridized carbons (Fsp3) is 0.640. The number of carbonyl (C=O) groups excluding carboxylic acids is 1. The third kappa shape index (κ3) is 9.40. The molecule has 0 spiro atoms. The maximum absolute atomic E-state index is 14.3. The Hall–Kier alpha value is -1.92. The normalized spacial score (nSPS) is 24.4. The van der Waals surface area contributed by atoms with E-state index in [0.717, 1.165) is 19.3 Å². The average Bonchev–Trinajstić information content (AvgIpc) is 3.04. The Morgan fingerprint density at radius 3 is 2.68 bits per heavy atom. The molecule has 0 aromatic heterocycles. The van der Waals surface area contributed by atoms with E-state index in [1.54, 1.807) is 12.1 Å². The highest BCUT2D eigenvalue weighted by molar-refractivity contribution is 5.69. The van der Waals surface area contributed by atoms with E-state index in [0.29, 0.717) is 44.5 Å². The Morgan fingerprint density at radius 1 is 1.19 bits per heavy atom. The van der Waals surface area contributed by atoms with Crippen LogP contribution in [0.3, 0.4) is 0 Å². The summed E-state index contributed by atoms with van der Waals surface area (Å²) in [5.41, 5.74) is 0. The third-order valence-corrected chi connectivity index (χ3v) is 5.80. The van der Waals surface area contributed by atoms with Gasteiger partial charge in [-0.3, -0.25) is 4.79 Å². The maximum Gasteiger partial charge on any atom is 0.305 e. The van der Waals surface area contributed by atoms with Crippen molar-refractivity contribution in [1.29, 1.82) is 0 Å². The molecule has 0 amide bonds. The number of hydrogen-bond acceptors (Lipinski definition) is 5. The van der Waals surface area contributed by atoms with E-state index in [9.17, 15) is 19.4 Å². The summed E-state index contributed by atoms with van der Waals surface area (Å²) in [6.07, 6.45) is 6.21. The van der Waals surface area contributed by atoms with Crippen molar-refractivity contribution >= 4 is 5.97 Å². The van der Waals surface area contributed by atoms with Crippen LogP contribution in [0.2, 0.25) is 0 Å². The van der Waals surface area contributed by atoms with Crippen LogP contribution in [0.15, 0.2) is 42.5 Å². The lowest BCUT2D eigenvalue weighted by atomic mass is 9.86. The van der Waals surface area contributed by atoms with Crippen LogP contribution in [-0.4, -0.2) is 47.8 Å². The van der Waals surface area contributed by atoms with Gasteiger partial charge in [0.15, 0.2) is 0 Å². The number of unbranched alkanes of at least 4 members (excludes halogenated alkanes) is 1. The fourth-order valence-electron chi connectivity index (χ4n) is 4.09. The predicted molar refractivity (Wildman–Crippen MR) is 119 cm³/mol. The van der Waals surface area contributed by atoms with Crippen molar-refractivity contribution in [3.05, 3.63) is 42.5 Å². The highest BCUT2D eigenvalue weighted by Gasteiger charge is 2.40. The molecule has 0 radical (unpaired) electrons. The Morgan fingerprint density at radius 2 is 1.94 bits per heavy atom. The second kappa shape index (κ2) is 14.2. The second-order valence-electron chi connectivity index (χ2n) is 8.32. The molecule has 1 aliphatic rings. The minimum Gasteiger partial charge on any atom is -0.491 e. The molecule has 5 atom stereocenters. The van der Waals surface area contributed by atoms with E-state index in [-0.39, 0.29) is 24.4 Å². The molecule has 1 aromatic carbocycles. The summed E-state index contributed by atoms with van der Waals surface area (Å²) >= 11 is 0. The monoisotopic (exact) mass is 436 g/mol. The van der Waals surface area contributed by atoms with Gasteiger partial charge in [0, 0.05) is 6.42 Å². The van der Waals surface area contributed by atoms with Gasteiger partial charge in [-0.25, -0.2) is 4.39 Å². The van der Waals surface area contributed by atoms with Gasteiger partial charge in [0.25, 0.3) is 0 Å². The maximum atomic E-state index is 14.3. The number of halogens is 1. The Labute approximate surface area is 185 Å². The molecule has 0 unspecified atom stereocenters. The number of aliphatic hydroxyl groups is 2. The van der Waals surface area contributed by atoms with Crippen LogP contribution in [0.25, 0.3) is 0 Å². The SMILES string of the molecule is CCCOC(=O)CCCC=CC[C@@H]1[C@@H](CC[C@@H](F)COc2ccccc2)[C@H](O)C[C@@H]1O. The molecule has 1 aliphatic carbocycles. The van der Waals surface area contributed by atoms with Crippen molar-refractivity contribution in [2.24, 2.45) is 11.8 Å². The van der Waals surface area contributed by atoms with Gasteiger partial charge < -0.3 is 19.7 Å². The van der Waals surface area contributed by atoms with Crippen molar-refractivity contribution < 1.29 is 28.9 Å². The van der Waals surface area contributed by atoms with Gasteiger partial charge in [0.1, 0.15) is 18.5 Å². The lowest BCUT2D eigenvalue weighted by Gasteiger charge is -2.23. The highest BCUT2D eigenvalue weighted by Crippen LogP contribution is 2.38. The standard InChI is InChI=1S/C25H37FO5/c1-2-16-30-25(29)13-9-4-3-8-12-21-22(24(28)17-23(21)27)15-14-19(26)18-31-20-10-6-5-7-11-20/h3,5-8,10-11,19,21-24,27-28H,2,4,9,12-18H2,1H3/t19-,21-,22-,23+,24-/m1/s1. The summed E-state index contributed by atoms with van der Waals surface area (Å²) in [4.78, 5) is 11.5. The molecule has 0 aliphatic heterocycles. The number of para-hydroxylation sites is 1. The molecule has 31 heavy (non-hydrogen) atoms. The predicted octanol–water partition coefficient (Wildman–Crippen LogP) is 4.61. The van der Waals surface area contributed by atoms with Crippen LogP contribution in [0, 0.1) is 11.8 Å². The first-order valence-corrected chi connectivity index (χ1v) is 11.5. The zero-order valence-corrected chi connectivity index (χ0v) is 18.5. The molecule has 1 saturated carbocycles. The molecule has 6 heteroatoms.